The summed E-state index contributed by atoms with van der Waals surface area (Å²) in [4.78, 5) is 29.2. The highest BCUT2D eigenvalue weighted by Gasteiger charge is 2.25. The number of ether oxygens (including phenoxy) is 1. The monoisotopic (exact) mass is 432 g/mol. The number of anilines is 1. The van der Waals surface area contributed by atoms with Crippen molar-refractivity contribution in [1.29, 1.82) is 0 Å². The van der Waals surface area contributed by atoms with Crippen molar-refractivity contribution in [3.63, 3.8) is 0 Å². The molecule has 166 valence electrons. The van der Waals surface area contributed by atoms with Crippen molar-refractivity contribution < 1.29 is 23.5 Å². The lowest BCUT2D eigenvalue weighted by Gasteiger charge is -2.19. The van der Waals surface area contributed by atoms with Crippen molar-refractivity contribution in [3.8, 4) is 11.5 Å². The minimum Gasteiger partial charge on any atom is -0.444 e. The molecule has 12 heteroatoms. The van der Waals surface area contributed by atoms with Crippen LogP contribution in [-0.4, -0.2) is 44.9 Å². The van der Waals surface area contributed by atoms with E-state index in [9.17, 15) is 9.59 Å². The Kier molecular flexibility index (Phi) is 6.70. The van der Waals surface area contributed by atoms with Crippen LogP contribution in [0.3, 0.4) is 0 Å². The highest BCUT2D eigenvalue weighted by atomic mass is 16.7. The zero-order chi connectivity index (χ0) is 22.4. The van der Waals surface area contributed by atoms with Gasteiger partial charge in [0.2, 0.25) is 11.6 Å². The fourth-order valence-electron chi connectivity index (χ4n) is 2.68. The number of aromatic nitrogens is 4. The molecule has 1 atom stereocenters. The zero-order valence-electron chi connectivity index (χ0n) is 17.6. The molecule has 0 bridgehead atoms. The number of hydrogen-bond acceptors (Lipinski definition) is 10. The number of nitrogens with zero attached hydrogens (tertiary/aromatic N) is 4. The van der Waals surface area contributed by atoms with Gasteiger partial charge in [-0.15, -0.1) is 0 Å². The highest BCUT2D eigenvalue weighted by molar-refractivity contribution is 5.67. The maximum absolute atomic E-state index is 12.3. The average Bonchev–Trinajstić information content (AvgIpc) is 3.32. The largest absolute Gasteiger partial charge is 0.444 e. The maximum atomic E-state index is 12.3. The summed E-state index contributed by atoms with van der Waals surface area (Å²) < 4.78 is 16.1. The summed E-state index contributed by atoms with van der Waals surface area (Å²) in [5.74, 6) is -0.428. The maximum Gasteiger partial charge on any atom is 0.442 e. The summed E-state index contributed by atoms with van der Waals surface area (Å²) in [5.41, 5.74) is 3.00. The lowest BCUT2D eigenvalue weighted by atomic mass is 10.1. The van der Waals surface area contributed by atoms with Crippen LogP contribution < -0.4 is 16.6 Å². The van der Waals surface area contributed by atoms with E-state index < -0.39 is 17.5 Å². The number of amides is 1. The second kappa shape index (κ2) is 9.43. The molecule has 0 aliphatic rings. The van der Waals surface area contributed by atoms with Gasteiger partial charge in [0.15, 0.2) is 5.69 Å². The third-order valence-electron chi connectivity index (χ3n) is 4.05. The van der Waals surface area contributed by atoms with Gasteiger partial charge >= 0.3 is 11.8 Å². The minimum atomic E-state index is -0.650. The first-order chi connectivity index (χ1) is 14.8. The van der Waals surface area contributed by atoms with Crippen molar-refractivity contribution in [1.82, 2.24) is 25.4 Å². The molecule has 1 aromatic carbocycles. The summed E-state index contributed by atoms with van der Waals surface area (Å²) in [7, 11) is 0. The van der Waals surface area contributed by atoms with E-state index in [1.165, 1.54) is 4.57 Å². The van der Waals surface area contributed by atoms with Gasteiger partial charge in [-0.1, -0.05) is 35.5 Å². The van der Waals surface area contributed by atoms with E-state index in [1.54, 1.807) is 20.8 Å². The molecule has 31 heavy (non-hydrogen) atoms. The molecule has 3 rings (SSSR count). The average molecular weight is 432 g/mol. The predicted molar refractivity (Wildman–Crippen MR) is 108 cm³/mol. The number of rotatable bonds is 8. The summed E-state index contributed by atoms with van der Waals surface area (Å²) >= 11 is 0. The summed E-state index contributed by atoms with van der Waals surface area (Å²) in [6.45, 7) is 7.42. The van der Waals surface area contributed by atoms with Crippen molar-refractivity contribution in [2.75, 3.05) is 18.6 Å². The van der Waals surface area contributed by atoms with Gasteiger partial charge in [-0.05, 0) is 43.6 Å². The SMILES string of the molecule is CC(c1ccccc1)n1c(-c2nonc2NOCCNC(=O)OC(C)(C)C)noc1=O. The minimum absolute atomic E-state index is 0.0948. The Morgan fingerprint density at radius 2 is 1.94 bits per heavy atom. The second-order valence-electron chi connectivity index (χ2n) is 7.57. The number of nitrogens with one attached hydrogen (secondary N) is 2. The van der Waals surface area contributed by atoms with Gasteiger partial charge in [-0.3, -0.25) is 9.36 Å². The van der Waals surface area contributed by atoms with Crippen LogP contribution in [0.25, 0.3) is 11.5 Å². The smallest absolute Gasteiger partial charge is 0.442 e. The summed E-state index contributed by atoms with van der Waals surface area (Å²) in [6.07, 6.45) is -0.554. The van der Waals surface area contributed by atoms with Gasteiger partial charge in [0.25, 0.3) is 0 Å². The fraction of sp³-hybridized carbons (Fsp3) is 0.421. The van der Waals surface area contributed by atoms with Crippen molar-refractivity contribution in [2.24, 2.45) is 0 Å². The third kappa shape index (κ3) is 5.69. The quantitative estimate of drug-likeness (QED) is 0.401. The molecule has 1 unspecified atom stereocenters. The lowest BCUT2D eigenvalue weighted by molar-refractivity contribution is 0.0510. The van der Waals surface area contributed by atoms with E-state index in [2.05, 4.69) is 26.3 Å². The van der Waals surface area contributed by atoms with Crippen LogP contribution in [0.4, 0.5) is 10.6 Å². The molecule has 2 aromatic heterocycles. The van der Waals surface area contributed by atoms with Crippen molar-refractivity contribution >= 4 is 11.9 Å². The molecule has 3 aromatic rings. The van der Waals surface area contributed by atoms with E-state index in [-0.39, 0.29) is 36.5 Å². The normalized spacial score (nSPS) is 12.4. The van der Waals surface area contributed by atoms with Crippen LogP contribution in [0.1, 0.15) is 39.3 Å². The van der Waals surface area contributed by atoms with Gasteiger partial charge in [-0.25, -0.2) is 24.3 Å². The van der Waals surface area contributed by atoms with Crippen molar-refractivity contribution in [2.45, 2.75) is 39.3 Å². The number of carbonyl (C=O) groups excluding carboxylic acids is 1. The Morgan fingerprint density at radius 1 is 1.19 bits per heavy atom. The van der Waals surface area contributed by atoms with Crippen LogP contribution in [0.2, 0.25) is 0 Å². The van der Waals surface area contributed by atoms with E-state index in [0.29, 0.717) is 0 Å². The Labute approximate surface area is 177 Å². The molecule has 2 N–H and O–H groups in total. The molecule has 0 saturated carbocycles. The molecular weight excluding hydrogens is 408 g/mol. The first-order valence-corrected chi connectivity index (χ1v) is 9.57. The van der Waals surface area contributed by atoms with Gasteiger partial charge in [-0.2, -0.15) is 0 Å². The van der Waals surface area contributed by atoms with Gasteiger partial charge in [0.05, 0.1) is 12.6 Å². The van der Waals surface area contributed by atoms with E-state index >= 15 is 0 Å². The second-order valence-corrected chi connectivity index (χ2v) is 7.57. The van der Waals surface area contributed by atoms with E-state index in [1.807, 2.05) is 37.3 Å². The van der Waals surface area contributed by atoms with Crippen LogP contribution in [0.5, 0.6) is 0 Å². The Balaban J connectivity index is 1.64. The molecule has 1 amide bonds. The number of carbonyl (C=O) groups is 1. The third-order valence-corrected chi connectivity index (χ3v) is 4.05. The molecule has 2 heterocycles. The van der Waals surface area contributed by atoms with Gasteiger partial charge < -0.3 is 10.1 Å². The van der Waals surface area contributed by atoms with E-state index in [4.69, 9.17) is 18.7 Å². The van der Waals surface area contributed by atoms with Gasteiger partial charge in [0.1, 0.15) is 5.60 Å². The number of hydrogen-bond donors (Lipinski definition) is 2. The van der Waals surface area contributed by atoms with E-state index in [0.717, 1.165) is 5.56 Å². The van der Waals surface area contributed by atoms with Crippen LogP contribution in [0.15, 0.2) is 44.3 Å². The number of benzene rings is 1. The molecule has 0 radical (unpaired) electrons. The van der Waals surface area contributed by atoms with Crippen molar-refractivity contribution in [3.05, 3.63) is 46.4 Å². The van der Waals surface area contributed by atoms with Crippen LogP contribution in [-0.2, 0) is 9.57 Å². The van der Waals surface area contributed by atoms with Crippen LogP contribution in [0, 0.1) is 0 Å². The van der Waals surface area contributed by atoms with Gasteiger partial charge in [0, 0.05) is 6.54 Å². The molecule has 0 spiro atoms. The predicted octanol–water partition coefficient (Wildman–Crippen LogP) is 2.36. The molecular formula is C19H24N6O6. The topological polar surface area (TPSA) is 147 Å². The molecule has 12 nitrogen and oxygen atoms in total. The Morgan fingerprint density at radius 3 is 2.65 bits per heavy atom. The summed E-state index contributed by atoms with van der Waals surface area (Å²) in [6, 6.07) is 9.01. The Hall–Kier alpha value is -3.67. The Bertz CT molecular complexity index is 1050. The molecule has 0 aliphatic carbocycles. The zero-order valence-corrected chi connectivity index (χ0v) is 17.6. The molecule has 0 fully saturated rings. The standard InChI is InChI=1S/C19H24N6O6/c1-12(13-8-6-5-7-9-13)25-16(24-30-18(25)27)14-15(23-31-21-14)22-28-11-10-20-17(26)29-19(2,3)4/h5-9,12H,10-11H2,1-4H3,(H,20,26)(H,22,23). The fourth-order valence-corrected chi connectivity index (χ4v) is 2.68. The first-order valence-electron chi connectivity index (χ1n) is 9.57. The highest BCUT2D eigenvalue weighted by Crippen LogP contribution is 2.26. The lowest BCUT2D eigenvalue weighted by Crippen LogP contribution is -2.34. The molecule has 0 aliphatic heterocycles. The molecule has 0 saturated heterocycles. The summed E-state index contributed by atoms with van der Waals surface area (Å²) in [5, 5.41) is 13.9. The van der Waals surface area contributed by atoms with Crippen LogP contribution >= 0.6 is 0 Å². The number of alkyl carbamates (subject to hydrolysis) is 1. The first kappa shape index (κ1) is 22.0.